The lowest BCUT2D eigenvalue weighted by atomic mass is 10.2. The number of aromatic nitrogens is 1. The molecule has 2 aromatic rings. The summed E-state index contributed by atoms with van der Waals surface area (Å²) in [4.78, 5) is 5.65. The Kier molecular flexibility index (Phi) is 4.09. The molecule has 0 fully saturated rings. The van der Waals surface area contributed by atoms with Gasteiger partial charge in [0.15, 0.2) is 0 Å². The molecule has 0 bridgehead atoms. The summed E-state index contributed by atoms with van der Waals surface area (Å²) in [6.07, 6.45) is 1.83. The normalized spacial score (nSPS) is 12.6. The third kappa shape index (κ3) is 2.90. The zero-order chi connectivity index (χ0) is 11.4. The summed E-state index contributed by atoms with van der Waals surface area (Å²) in [5.41, 5.74) is 1.08. The first-order valence-electron chi connectivity index (χ1n) is 5.13. The van der Waals surface area contributed by atoms with Crippen LogP contribution in [0.4, 0.5) is 0 Å². The van der Waals surface area contributed by atoms with Gasteiger partial charge in [-0.2, -0.15) is 0 Å². The van der Waals surface area contributed by atoms with Crippen LogP contribution in [0, 0.1) is 0 Å². The lowest BCUT2D eigenvalue weighted by Crippen LogP contribution is -2.18. The molecule has 2 heterocycles. The van der Waals surface area contributed by atoms with Gasteiger partial charge in [-0.15, -0.1) is 11.3 Å². The van der Waals surface area contributed by atoms with Crippen LogP contribution in [0.5, 0.6) is 0 Å². The number of nitrogens with zero attached hydrogens (tertiary/aromatic N) is 1. The number of halogens is 1. The van der Waals surface area contributed by atoms with Crippen molar-refractivity contribution < 1.29 is 0 Å². The van der Waals surface area contributed by atoms with Crippen molar-refractivity contribution in [3.8, 4) is 0 Å². The number of pyridine rings is 1. The minimum Gasteiger partial charge on any atom is -0.304 e. The van der Waals surface area contributed by atoms with Gasteiger partial charge in [-0.1, -0.05) is 6.07 Å². The summed E-state index contributed by atoms with van der Waals surface area (Å²) in [7, 11) is 0. The van der Waals surface area contributed by atoms with E-state index in [0.717, 1.165) is 12.2 Å². The molecule has 4 heteroatoms. The summed E-state index contributed by atoms with van der Waals surface area (Å²) in [6.45, 7) is 3.00. The third-order valence-corrected chi connectivity index (χ3v) is 4.32. The molecular weight excluding hydrogens is 284 g/mol. The molecule has 0 radical (unpaired) electrons. The van der Waals surface area contributed by atoms with Gasteiger partial charge in [-0.05, 0) is 46.4 Å². The maximum Gasteiger partial charge on any atom is 0.0570 e. The summed E-state index contributed by atoms with van der Waals surface area (Å²) < 4.78 is 1.18. The van der Waals surface area contributed by atoms with Gasteiger partial charge in [0.05, 0.1) is 5.69 Å². The van der Waals surface area contributed by atoms with E-state index < -0.39 is 0 Å². The molecule has 0 aromatic carbocycles. The highest BCUT2D eigenvalue weighted by Gasteiger charge is 2.07. The number of hydrogen-bond donors (Lipinski definition) is 1. The van der Waals surface area contributed by atoms with E-state index in [1.54, 1.807) is 11.3 Å². The predicted molar refractivity (Wildman–Crippen MR) is 71.5 cm³/mol. The van der Waals surface area contributed by atoms with Crippen molar-refractivity contribution in [2.24, 2.45) is 0 Å². The molecule has 0 aliphatic heterocycles. The summed E-state index contributed by atoms with van der Waals surface area (Å²) >= 11 is 5.28. The van der Waals surface area contributed by atoms with Gasteiger partial charge in [0.25, 0.3) is 0 Å². The highest BCUT2D eigenvalue weighted by Crippen LogP contribution is 2.23. The Bertz CT molecular complexity index is 441. The first-order chi connectivity index (χ1) is 7.77. The average Bonchev–Trinajstić information content (AvgIpc) is 2.73. The Labute approximate surface area is 108 Å². The molecule has 2 nitrogen and oxygen atoms in total. The number of rotatable bonds is 4. The predicted octanol–water partition coefficient (Wildman–Crippen LogP) is 3.76. The molecule has 0 unspecified atom stereocenters. The first-order valence-corrected chi connectivity index (χ1v) is 6.81. The summed E-state index contributed by atoms with van der Waals surface area (Å²) in [5, 5.41) is 5.55. The van der Waals surface area contributed by atoms with Crippen molar-refractivity contribution >= 4 is 27.3 Å². The zero-order valence-corrected chi connectivity index (χ0v) is 11.4. The highest BCUT2D eigenvalue weighted by molar-refractivity contribution is 9.10. The molecule has 0 saturated carbocycles. The third-order valence-electron chi connectivity index (χ3n) is 2.39. The molecule has 0 amide bonds. The Balaban J connectivity index is 1.94. The summed E-state index contributed by atoms with van der Waals surface area (Å²) in [5.74, 6) is 0. The van der Waals surface area contributed by atoms with Crippen LogP contribution in [-0.2, 0) is 6.54 Å². The number of hydrogen-bond acceptors (Lipinski definition) is 3. The minimum atomic E-state index is 0.273. The lowest BCUT2D eigenvalue weighted by molar-refractivity contribution is 0.564. The number of nitrogens with one attached hydrogen (secondary N) is 1. The van der Waals surface area contributed by atoms with Crippen LogP contribution in [0.3, 0.4) is 0 Å². The smallest absolute Gasteiger partial charge is 0.0570 e. The van der Waals surface area contributed by atoms with Crippen LogP contribution in [0.2, 0.25) is 0 Å². The van der Waals surface area contributed by atoms with Crippen LogP contribution in [0.25, 0.3) is 0 Å². The molecule has 2 aromatic heterocycles. The van der Waals surface area contributed by atoms with Crippen LogP contribution < -0.4 is 5.32 Å². The molecule has 16 heavy (non-hydrogen) atoms. The van der Waals surface area contributed by atoms with E-state index in [-0.39, 0.29) is 6.04 Å². The van der Waals surface area contributed by atoms with Gasteiger partial charge in [0.2, 0.25) is 0 Å². The summed E-state index contributed by atoms with van der Waals surface area (Å²) in [6, 6.07) is 8.34. The van der Waals surface area contributed by atoms with Crippen LogP contribution in [-0.4, -0.2) is 4.98 Å². The molecule has 84 valence electrons. The largest absolute Gasteiger partial charge is 0.304 e. The molecule has 0 aliphatic rings. The topological polar surface area (TPSA) is 24.9 Å². The van der Waals surface area contributed by atoms with E-state index in [1.165, 1.54) is 9.35 Å². The van der Waals surface area contributed by atoms with E-state index in [9.17, 15) is 0 Å². The van der Waals surface area contributed by atoms with E-state index in [1.807, 2.05) is 24.4 Å². The minimum absolute atomic E-state index is 0.273. The van der Waals surface area contributed by atoms with Crippen LogP contribution in [0.15, 0.2) is 40.3 Å². The first kappa shape index (κ1) is 11.8. The van der Waals surface area contributed by atoms with Gasteiger partial charge in [-0.25, -0.2) is 0 Å². The molecule has 2 rings (SSSR count). The monoisotopic (exact) mass is 296 g/mol. The fourth-order valence-electron chi connectivity index (χ4n) is 1.43. The Morgan fingerprint density at radius 2 is 2.31 bits per heavy atom. The average molecular weight is 297 g/mol. The Morgan fingerprint density at radius 1 is 1.44 bits per heavy atom. The van der Waals surface area contributed by atoms with Crippen LogP contribution in [0.1, 0.15) is 23.5 Å². The zero-order valence-electron chi connectivity index (χ0n) is 8.98. The SMILES string of the molecule is C[C@@H](NCc1sccc1Br)c1ccccn1. The number of thiophene rings is 1. The van der Waals surface area contributed by atoms with Gasteiger partial charge in [-0.3, -0.25) is 4.98 Å². The van der Waals surface area contributed by atoms with Crippen molar-refractivity contribution in [3.63, 3.8) is 0 Å². The van der Waals surface area contributed by atoms with Crippen molar-refractivity contribution in [3.05, 3.63) is 50.9 Å². The maximum atomic E-state index is 4.33. The van der Waals surface area contributed by atoms with E-state index >= 15 is 0 Å². The molecule has 0 saturated heterocycles. The van der Waals surface area contributed by atoms with Crippen molar-refractivity contribution in [2.45, 2.75) is 19.5 Å². The van der Waals surface area contributed by atoms with Crippen molar-refractivity contribution in [1.29, 1.82) is 0 Å². The van der Waals surface area contributed by atoms with E-state index in [0.29, 0.717) is 0 Å². The van der Waals surface area contributed by atoms with Gasteiger partial charge < -0.3 is 5.32 Å². The molecule has 0 aliphatic carbocycles. The standard InChI is InChI=1S/C12H13BrN2S/c1-9(11-4-2-3-6-14-11)15-8-12-10(13)5-7-16-12/h2-7,9,15H,8H2,1H3/t9-/m1/s1. The van der Waals surface area contributed by atoms with Crippen molar-refractivity contribution in [1.82, 2.24) is 10.3 Å². The molecule has 0 spiro atoms. The second kappa shape index (κ2) is 5.57. The quantitative estimate of drug-likeness (QED) is 0.929. The fourth-order valence-corrected chi connectivity index (χ4v) is 2.88. The van der Waals surface area contributed by atoms with Gasteiger partial charge >= 0.3 is 0 Å². The Morgan fingerprint density at radius 3 is 2.94 bits per heavy atom. The maximum absolute atomic E-state index is 4.33. The lowest BCUT2D eigenvalue weighted by Gasteiger charge is -2.12. The van der Waals surface area contributed by atoms with E-state index in [2.05, 4.69) is 44.6 Å². The second-order valence-corrected chi connectivity index (χ2v) is 5.40. The van der Waals surface area contributed by atoms with Crippen molar-refractivity contribution in [2.75, 3.05) is 0 Å². The highest BCUT2D eigenvalue weighted by atomic mass is 79.9. The molecular formula is C12H13BrN2S. The molecule has 1 N–H and O–H groups in total. The second-order valence-electron chi connectivity index (χ2n) is 3.55. The molecule has 1 atom stereocenters. The van der Waals surface area contributed by atoms with Crippen LogP contribution >= 0.6 is 27.3 Å². The van der Waals surface area contributed by atoms with Gasteiger partial charge in [0.1, 0.15) is 0 Å². The van der Waals surface area contributed by atoms with E-state index in [4.69, 9.17) is 0 Å². The Hall–Kier alpha value is -0.710. The van der Waals surface area contributed by atoms with Gasteiger partial charge in [0, 0.05) is 28.1 Å². The fraction of sp³-hybridized carbons (Fsp3) is 0.250.